The normalized spacial score (nSPS) is 16.6. The summed E-state index contributed by atoms with van der Waals surface area (Å²) in [6, 6.07) is 8.68. The van der Waals surface area contributed by atoms with E-state index in [1.54, 1.807) is 6.21 Å². The van der Waals surface area contributed by atoms with Gasteiger partial charge in [-0.2, -0.15) is 0 Å². The lowest BCUT2D eigenvalue weighted by Crippen LogP contribution is -2.04. The van der Waals surface area contributed by atoms with Gasteiger partial charge >= 0.3 is 0 Å². The maximum absolute atomic E-state index is 5.16. The quantitative estimate of drug-likeness (QED) is 0.314. The molecule has 0 amide bonds. The van der Waals surface area contributed by atoms with Crippen molar-refractivity contribution in [1.29, 1.82) is 0 Å². The molecule has 1 fully saturated rings. The van der Waals surface area contributed by atoms with E-state index in [0.717, 1.165) is 17.9 Å². The molecule has 102 valence electrons. The molecule has 1 aliphatic rings. The third kappa shape index (κ3) is 4.55. The van der Waals surface area contributed by atoms with Crippen LogP contribution in [0.3, 0.4) is 0 Å². The first kappa shape index (κ1) is 13.9. The smallest absolute Gasteiger partial charge is 0.120 e. The molecule has 2 heteroatoms. The summed E-state index contributed by atoms with van der Waals surface area (Å²) in [7, 11) is 0. The van der Waals surface area contributed by atoms with Crippen LogP contribution in [-0.2, 0) is 4.84 Å². The van der Waals surface area contributed by atoms with Crippen LogP contribution in [0.4, 0.5) is 0 Å². The molecule has 0 radical (unpaired) electrons. The third-order valence-electron chi connectivity index (χ3n) is 3.68. The van der Waals surface area contributed by atoms with E-state index < -0.39 is 0 Å². The van der Waals surface area contributed by atoms with E-state index in [2.05, 4.69) is 36.0 Å². The highest BCUT2D eigenvalue weighted by molar-refractivity contribution is 5.79. The van der Waals surface area contributed by atoms with Gasteiger partial charge in [-0.3, -0.25) is 0 Å². The predicted molar refractivity (Wildman–Crippen MR) is 80.6 cm³/mol. The van der Waals surface area contributed by atoms with Gasteiger partial charge in [-0.05, 0) is 36.0 Å². The molecule has 0 aliphatic heterocycles. The van der Waals surface area contributed by atoms with Crippen molar-refractivity contribution in [2.75, 3.05) is 6.61 Å². The van der Waals surface area contributed by atoms with Crippen molar-refractivity contribution in [1.82, 2.24) is 0 Å². The van der Waals surface area contributed by atoms with E-state index in [0.29, 0.717) is 6.61 Å². The molecule has 0 spiro atoms. The van der Waals surface area contributed by atoms with E-state index in [-0.39, 0.29) is 0 Å². The molecule has 0 saturated heterocycles. The fourth-order valence-corrected chi connectivity index (χ4v) is 2.62. The fourth-order valence-electron chi connectivity index (χ4n) is 2.62. The molecule has 0 heterocycles. The molecule has 2 nitrogen and oxygen atoms in total. The first-order chi connectivity index (χ1) is 9.40. The Kier molecular flexibility index (Phi) is 5.67. The molecule has 1 aromatic rings. The average molecular weight is 257 g/mol. The van der Waals surface area contributed by atoms with Crippen molar-refractivity contribution >= 4 is 6.21 Å². The standard InChI is InChI=1S/C17H23NO/c1-2-3-12-19-18-14-15-8-7-11-17(13-15)16-9-5-4-6-10-16/h2,7-8,11,13-14,16H,1,3-6,9-10,12H2. The Hall–Kier alpha value is -1.57. The van der Waals surface area contributed by atoms with Crippen LogP contribution in [0.15, 0.2) is 42.1 Å². The third-order valence-corrected chi connectivity index (χ3v) is 3.68. The van der Waals surface area contributed by atoms with Crippen LogP contribution in [0.25, 0.3) is 0 Å². The van der Waals surface area contributed by atoms with Crippen LogP contribution in [-0.4, -0.2) is 12.8 Å². The summed E-state index contributed by atoms with van der Waals surface area (Å²) in [5.74, 6) is 0.740. The van der Waals surface area contributed by atoms with Crippen LogP contribution in [0.5, 0.6) is 0 Å². The first-order valence-corrected chi connectivity index (χ1v) is 7.26. The van der Waals surface area contributed by atoms with Gasteiger partial charge < -0.3 is 4.84 Å². The number of benzene rings is 1. The molecule has 0 N–H and O–H groups in total. The zero-order chi connectivity index (χ0) is 13.3. The predicted octanol–water partition coefficient (Wildman–Crippen LogP) is 4.66. The zero-order valence-electron chi connectivity index (χ0n) is 11.6. The second kappa shape index (κ2) is 7.78. The van der Waals surface area contributed by atoms with Crippen LogP contribution in [0.1, 0.15) is 55.6 Å². The first-order valence-electron chi connectivity index (χ1n) is 7.26. The lowest BCUT2D eigenvalue weighted by Gasteiger charge is -2.22. The Morgan fingerprint density at radius 2 is 2.11 bits per heavy atom. The SMILES string of the molecule is C=CCCON=Cc1cccc(C2CCCCC2)c1. The Morgan fingerprint density at radius 3 is 2.89 bits per heavy atom. The molecular formula is C17H23NO. The Balaban J connectivity index is 1.92. The molecule has 19 heavy (non-hydrogen) atoms. The number of hydrogen-bond acceptors (Lipinski definition) is 2. The summed E-state index contributed by atoms with van der Waals surface area (Å²) < 4.78 is 0. The fraction of sp³-hybridized carbons (Fsp3) is 0.471. The maximum Gasteiger partial charge on any atom is 0.120 e. The van der Waals surface area contributed by atoms with Gasteiger partial charge in [-0.1, -0.05) is 48.7 Å². The largest absolute Gasteiger partial charge is 0.395 e. The molecule has 1 aromatic carbocycles. The molecule has 0 unspecified atom stereocenters. The Bertz CT molecular complexity index is 419. The Morgan fingerprint density at radius 1 is 1.26 bits per heavy atom. The van der Waals surface area contributed by atoms with Crippen LogP contribution in [0.2, 0.25) is 0 Å². The summed E-state index contributed by atoms with van der Waals surface area (Å²) in [5, 5.41) is 3.99. The molecule has 0 atom stereocenters. The molecule has 0 aromatic heterocycles. The van der Waals surface area contributed by atoms with Gasteiger partial charge in [0.05, 0.1) is 6.21 Å². The number of hydrogen-bond donors (Lipinski definition) is 0. The number of rotatable bonds is 6. The van der Waals surface area contributed by atoms with Crippen LogP contribution in [0, 0.1) is 0 Å². The molecule has 1 aliphatic carbocycles. The van der Waals surface area contributed by atoms with Crippen molar-refractivity contribution in [3.8, 4) is 0 Å². The van der Waals surface area contributed by atoms with Gasteiger partial charge in [-0.15, -0.1) is 6.58 Å². The second-order valence-electron chi connectivity index (χ2n) is 5.15. The van der Waals surface area contributed by atoms with Gasteiger partial charge in [0.2, 0.25) is 0 Å². The van der Waals surface area contributed by atoms with Gasteiger partial charge in [0.15, 0.2) is 0 Å². The summed E-state index contributed by atoms with van der Waals surface area (Å²) >= 11 is 0. The van der Waals surface area contributed by atoms with Gasteiger partial charge in [0.25, 0.3) is 0 Å². The van der Waals surface area contributed by atoms with E-state index in [1.807, 2.05) is 6.08 Å². The molecule has 1 saturated carbocycles. The van der Waals surface area contributed by atoms with Crippen LogP contribution < -0.4 is 0 Å². The lowest BCUT2D eigenvalue weighted by molar-refractivity contribution is 0.151. The summed E-state index contributed by atoms with van der Waals surface area (Å²) in [5.41, 5.74) is 2.58. The minimum Gasteiger partial charge on any atom is -0.395 e. The lowest BCUT2D eigenvalue weighted by atomic mass is 9.84. The van der Waals surface area contributed by atoms with E-state index >= 15 is 0 Å². The summed E-state index contributed by atoms with van der Waals surface area (Å²) in [4.78, 5) is 5.16. The highest BCUT2D eigenvalue weighted by Gasteiger charge is 2.15. The average Bonchev–Trinajstić information content (AvgIpc) is 2.48. The summed E-state index contributed by atoms with van der Waals surface area (Å²) in [6.07, 6.45) is 11.3. The number of oxime groups is 1. The number of nitrogens with zero attached hydrogens (tertiary/aromatic N) is 1. The molecule has 0 bridgehead atoms. The van der Waals surface area contributed by atoms with E-state index in [9.17, 15) is 0 Å². The van der Waals surface area contributed by atoms with Gasteiger partial charge in [0.1, 0.15) is 6.61 Å². The van der Waals surface area contributed by atoms with Crippen LogP contribution >= 0.6 is 0 Å². The minimum absolute atomic E-state index is 0.600. The minimum atomic E-state index is 0.600. The van der Waals surface area contributed by atoms with Crippen molar-refractivity contribution in [2.24, 2.45) is 5.16 Å². The topological polar surface area (TPSA) is 21.6 Å². The molecular weight excluding hydrogens is 234 g/mol. The van der Waals surface area contributed by atoms with Crippen molar-refractivity contribution in [3.05, 3.63) is 48.0 Å². The van der Waals surface area contributed by atoms with Crippen molar-refractivity contribution in [3.63, 3.8) is 0 Å². The summed E-state index contributed by atoms with van der Waals surface area (Å²) in [6.45, 7) is 4.25. The zero-order valence-corrected chi connectivity index (χ0v) is 11.6. The van der Waals surface area contributed by atoms with E-state index in [4.69, 9.17) is 4.84 Å². The van der Waals surface area contributed by atoms with Crippen molar-refractivity contribution in [2.45, 2.75) is 44.4 Å². The second-order valence-corrected chi connectivity index (χ2v) is 5.15. The van der Waals surface area contributed by atoms with Gasteiger partial charge in [0, 0.05) is 6.42 Å². The van der Waals surface area contributed by atoms with Crippen molar-refractivity contribution < 1.29 is 4.84 Å². The monoisotopic (exact) mass is 257 g/mol. The maximum atomic E-state index is 5.16. The van der Waals surface area contributed by atoms with Gasteiger partial charge in [-0.25, -0.2) is 0 Å². The van der Waals surface area contributed by atoms with E-state index in [1.165, 1.54) is 37.7 Å². The Labute approximate surface area is 116 Å². The highest BCUT2D eigenvalue weighted by atomic mass is 16.6. The highest BCUT2D eigenvalue weighted by Crippen LogP contribution is 2.32. The molecule has 2 rings (SSSR count).